The molecule has 0 amide bonds. The van der Waals surface area contributed by atoms with Gasteiger partial charge in [0, 0.05) is 17.8 Å². The number of aliphatic hydroxyl groups is 1. The summed E-state index contributed by atoms with van der Waals surface area (Å²) in [5.74, 6) is 0. The first-order valence-electron chi connectivity index (χ1n) is 5.62. The van der Waals surface area contributed by atoms with Crippen LogP contribution in [-0.2, 0) is 23.2 Å². The predicted octanol–water partition coefficient (Wildman–Crippen LogP) is 1.06. The maximum absolute atomic E-state index is 12.3. The van der Waals surface area contributed by atoms with E-state index in [1.54, 1.807) is 18.5 Å². The van der Waals surface area contributed by atoms with Crippen molar-refractivity contribution < 1.29 is 13.5 Å². The van der Waals surface area contributed by atoms with Crippen molar-refractivity contribution in [2.24, 2.45) is 0 Å². The first kappa shape index (κ1) is 14.2. The molecule has 0 spiro atoms. The summed E-state index contributed by atoms with van der Waals surface area (Å²) in [6.45, 7) is 3.43. The molecule has 0 unspecified atom stereocenters. The van der Waals surface area contributed by atoms with Crippen molar-refractivity contribution in [2.75, 3.05) is 0 Å². The van der Waals surface area contributed by atoms with Crippen molar-refractivity contribution in [3.8, 4) is 0 Å². The molecule has 0 aliphatic heterocycles. The third kappa shape index (κ3) is 2.86. The topological polar surface area (TPSA) is 95.1 Å². The summed E-state index contributed by atoms with van der Waals surface area (Å²) in [4.78, 5) is 0.634. The normalized spacial score (nSPS) is 11.9. The van der Waals surface area contributed by atoms with E-state index < -0.39 is 10.0 Å². The molecule has 0 radical (unpaired) electrons. The van der Waals surface area contributed by atoms with Gasteiger partial charge in [-0.05, 0) is 24.8 Å². The summed E-state index contributed by atoms with van der Waals surface area (Å²) < 4.78 is 27.0. The van der Waals surface area contributed by atoms with Gasteiger partial charge >= 0.3 is 0 Å². The van der Waals surface area contributed by atoms with Crippen molar-refractivity contribution in [3.05, 3.63) is 33.3 Å². The molecule has 104 valence electrons. The number of aryl methyl sites for hydroxylation is 2. The number of sulfonamides is 1. The Labute approximate surface area is 115 Å². The minimum atomic E-state index is -3.62. The molecule has 0 fully saturated rings. The second kappa shape index (κ2) is 5.41. The SMILES string of the molecule is Cc1csc(CO)c1S(=O)(=O)NCc1cn[nH]c1C. The Kier molecular flexibility index (Phi) is 4.04. The molecule has 2 aromatic heterocycles. The number of hydrogen-bond acceptors (Lipinski definition) is 5. The van der Waals surface area contributed by atoms with Crippen LogP contribution in [0.2, 0.25) is 0 Å². The van der Waals surface area contributed by atoms with E-state index in [-0.39, 0.29) is 18.0 Å². The number of rotatable bonds is 5. The Hall–Kier alpha value is -1.22. The number of nitrogens with zero attached hydrogens (tertiary/aromatic N) is 1. The first-order valence-corrected chi connectivity index (χ1v) is 7.98. The van der Waals surface area contributed by atoms with Gasteiger partial charge in [-0.2, -0.15) is 5.10 Å². The molecule has 19 heavy (non-hydrogen) atoms. The molecule has 0 atom stereocenters. The predicted molar refractivity (Wildman–Crippen MR) is 72.3 cm³/mol. The molecule has 2 heterocycles. The standard InChI is InChI=1S/C11H15N3O3S2/c1-7-6-18-10(5-15)11(7)19(16,17)13-4-9-3-12-14-8(9)2/h3,6,13,15H,4-5H2,1-2H3,(H,12,14). The molecule has 0 aliphatic rings. The van der Waals surface area contributed by atoms with Crippen LogP contribution in [0.5, 0.6) is 0 Å². The Morgan fingerprint density at radius 1 is 1.47 bits per heavy atom. The van der Waals surface area contributed by atoms with Crippen LogP contribution in [0.1, 0.15) is 21.7 Å². The zero-order valence-electron chi connectivity index (χ0n) is 10.6. The fraction of sp³-hybridized carbons (Fsp3) is 0.364. The molecular weight excluding hydrogens is 286 g/mol. The summed E-state index contributed by atoms with van der Waals surface area (Å²) in [6.07, 6.45) is 1.59. The molecule has 8 heteroatoms. The molecule has 0 bridgehead atoms. The second-order valence-corrected chi connectivity index (χ2v) is 6.84. The van der Waals surface area contributed by atoms with Gasteiger partial charge in [0.2, 0.25) is 10.0 Å². The lowest BCUT2D eigenvalue weighted by atomic mass is 10.3. The maximum Gasteiger partial charge on any atom is 0.242 e. The van der Waals surface area contributed by atoms with Gasteiger partial charge in [-0.1, -0.05) is 0 Å². The lowest BCUT2D eigenvalue weighted by Crippen LogP contribution is -2.24. The third-order valence-electron chi connectivity index (χ3n) is 2.79. The van der Waals surface area contributed by atoms with Gasteiger partial charge < -0.3 is 5.11 Å². The van der Waals surface area contributed by atoms with E-state index in [1.165, 1.54) is 11.3 Å². The summed E-state index contributed by atoms with van der Waals surface area (Å²) in [5.41, 5.74) is 2.26. The molecule has 2 aromatic rings. The number of nitrogens with one attached hydrogen (secondary N) is 2. The summed E-state index contributed by atoms with van der Waals surface area (Å²) in [7, 11) is -3.62. The van der Waals surface area contributed by atoms with Crippen LogP contribution in [0, 0.1) is 13.8 Å². The van der Waals surface area contributed by atoms with Crippen LogP contribution >= 0.6 is 11.3 Å². The summed E-state index contributed by atoms with van der Waals surface area (Å²) in [5, 5.41) is 17.5. The lowest BCUT2D eigenvalue weighted by molar-refractivity contribution is 0.282. The van der Waals surface area contributed by atoms with E-state index in [4.69, 9.17) is 0 Å². The van der Waals surface area contributed by atoms with Gasteiger partial charge in [-0.25, -0.2) is 13.1 Å². The van der Waals surface area contributed by atoms with Crippen LogP contribution in [0.3, 0.4) is 0 Å². The van der Waals surface area contributed by atoms with Gasteiger partial charge in [0.05, 0.1) is 17.7 Å². The highest BCUT2D eigenvalue weighted by atomic mass is 32.2. The molecule has 0 saturated carbocycles. The highest BCUT2D eigenvalue weighted by Crippen LogP contribution is 2.26. The Morgan fingerprint density at radius 2 is 2.21 bits per heavy atom. The summed E-state index contributed by atoms with van der Waals surface area (Å²) in [6, 6.07) is 0. The number of thiophene rings is 1. The number of aromatic amines is 1. The monoisotopic (exact) mass is 301 g/mol. The van der Waals surface area contributed by atoms with Gasteiger partial charge in [0.1, 0.15) is 4.90 Å². The highest BCUT2D eigenvalue weighted by Gasteiger charge is 2.22. The van der Waals surface area contributed by atoms with Gasteiger partial charge in [-0.15, -0.1) is 11.3 Å². The van der Waals surface area contributed by atoms with Crippen LogP contribution < -0.4 is 4.72 Å². The highest BCUT2D eigenvalue weighted by molar-refractivity contribution is 7.89. The van der Waals surface area contributed by atoms with Gasteiger partial charge in [-0.3, -0.25) is 5.10 Å². The zero-order valence-corrected chi connectivity index (χ0v) is 12.2. The van der Waals surface area contributed by atoms with Crippen molar-refractivity contribution in [2.45, 2.75) is 31.9 Å². The van der Waals surface area contributed by atoms with Crippen LogP contribution in [0.15, 0.2) is 16.5 Å². The van der Waals surface area contributed by atoms with E-state index in [0.29, 0.717) is 10.4 Å². The molecule has 0 aliphatic carbocycles. The maximum atomic E-state index is 12.3. The van der Waals surface area contributed by atoms with E-state index in [9.17, 15) is 13.5 Å². The fourth-order valence-electron chi connectivity index (χ4n) is 1.76. The lowest BCUT2D eigenvalue weighted by Gasteiger charge is -2.07. The number of H-pyrrole nitrogens is 1. The first-order chi connectivity index (χ1) is 8.95. The third-order valence-corrected chi connectivity index (χ3v) is 5.64. The Bertz CT molecular complexity index is 673. The summed E-state index contributed by atoms with van der Waals surface area (Å²) >= 11 is 1.24. The van der Waals surface area contributed by atoms with Crippen LogP contribution in [-0.4, -0.2) is 23.7 Å². The minimum absolute atomic E-state index is 0.171. The zero-order chi connectivity index (χ0) is 14.0. The Balaban J connectivity index is 2.23. The van der Waals surface area contributed by atoms with E-state index in [0.717, 1.165) is 11.3 Å². The van der Waals surface area contributed by atoms with Crippen LogP contribution in [0.25, 0.3) is 0 Å². The smallest absolute Gasteiger partial charge is 0.242 e. The van der Waals surface area contributed by atoms with E-state index >= 15 is 0 Å². The quantitative estimate of drug-likeness (QED) is 0.769. The number of aromatic nitrogens is 2. The molecule has 2 rings (SSSR count). The number of aliphatic hydroxyl groups excluding tert-OH is 1. The molecule has 0 aromatic carbocycles. The van der Waals surface area contributed by atoms with Crippen molar-refractivity contribution in [1.29, 1.82) is 0 Å². The van der Waals surface area contributed by atoms with E-state index in [2.05, 4.69) is 14.9 Å². The average molecular weight is 301 g/mol. The van der Waals surface area contributed by atoms with Gasteiger partial charge in [0.25, 0.3) is 0 Å². The largest absolute Gasteiger partial charge is 0.391 e. The second-order valence-electron chi connectivity index (χ2n) is 4.17. The molecule has 3 N–H and O–H groups in total. The Morgan fingerprint density at radius 3 is 2.79 bits per heavy atom. The van der Waals surface area contributed by atoms with Crippen molar-refractivity contribution in [1.82, 2.24) is 14.9 Å². The average Bonchev–Trinajstić information content (AvgIpc) is 2.93. The van der Waals surface area contributed by atoms with Crippen molar-refractivity contribution >= 4 is 21.4 Å². The number of hydrogen-bond donors (Lipinski definition) is 3. The molecule has 6 nitrogen and oxygen atoms in total. The van der Waals surface area contributed by atoms with Gasteiger partial charge in [0.15, 0.2) is 0 Å². The molecular formula is C11H15N3O3S2. The minimum Gasteiger partial charge on any atom is -0.391 e. The fourth-order valence-corrected chi connectivity index (χ4v) is 4.42. The molecule has 0 saturated heterocycles. The van der Waals surface area contributed by atoms with Crippen LogP contribution in [0.4, 0.5) is 0 Å². The van der Waals surface area contributed by atoms with E-state index in [1.807, 2.05) is 6.92 Å². The van der Waals surface area contributed by atoms with Crippen molar-refractivity contribution in [3.63, 3.8) is 0 Å².